The van der Waals surface area contributed by atoms with Crippen LogP contribution < -0.4 is 29.3 Å². The van der Waals surface area contributed by atoms with Crippen LogP contribution in [0.1, 0.15) is 65.7 Å². The minimum atomic E-state index is -1.17. The molecule has 9 heteroatoms. The van der Waals surface area contributed by atoms with Gasteiger partial charge in [0.2, 0.25) is 5.91 Å². The second-order valence-electron chi connectivity index (χ2n) is 7.91. The molecule has 0 saturated heterocycles. The molecule has 0 spiro atoms. The van der Waals surface area contributed by atoms with Gasteiger partial charge in [0.25, 0.3) is 0 Å². The van der Waals surface area contributed by atoms with Crippen LogP contribution >= 0.6 is 0 Å². The third-order valence-electron chi connectivity index (χ3n) is 5.62. The SMILES string of the molecule is CCCCCCC(=O)NCC[N+](CCO)(CC(CC)C(=O)[O-])CC(CC)C(=O)O.[Li+]. The Balaban J connectivity index is 0. The van der Waals surface area contributed by atoms with Crippen LogP contribution in [0, 0.1) is 11.8 Å². The third-order valence-corrected chi connectivity index (χ3v) is 5.62. The fraction of sp³-hybridized carbons (Fsp3) is 0.857. The molecule has 0 rings (SSSR count). The Labute approximate surface area is 193 Å². The van der Waals surface area contributed by atoms with Gasteiger partial charge in [0.1, 0.15) is 12.5 Å². The number of rotatable bonds is 18. The molecule has 3 N–H and O–H groups in total. The maximum atomic E-state index is 12.1. The third kappa shape index (κ3) is 12.6. The maximum absolute atomic E-state index is 12.1. The van der Waals surface area contributed by atoms with Gasteiger partial charge in [-0.15, -0.1) is 0 Å². The normalized spacial score (nSPS) is 14.8. The van der Waals surface area contributed by atoms with Gasteiger partial charge >= 0.3 is 24.8 Å². The minimum Gasteiger partial charge on any atom is -0.550 e. The van der Waals surface area contributed by atoms with Crippen molar-refractivity contribution in [3.63, 3.8) is 0 Å². The van der Waals surface area contributed by atoms with Gasteiger partial charge in [-0.3, -0.25) is 9.59 Å². The van der Waals surface area contributed by atoms with E-state index >= 15 is 0 Å². The Hall–Kier alpha value is -1.07. The number of hydrogen-bond donors (Lipinski definition) is 3. The molecule has 0 fully saturated rings. The van der Waals surface area contributed by atoms with Crippen LogP contribution in [0.15, 0.2) is 0 Å². The molecule has 3 unspecified atom stereocenters. The first-order valence-electron chi connectivity index (χ1n) is 10.9. The van der Waals surface area contributed by atoms with Gasteiger partial charge in [0.15, 0.2) is 0 Å². The van der Waals surface area contributed by atoms with E-state index in [0.717, 1.165) is 25.7 Å². The number of nitrogens with one attached hydrogen (secondary N) is 1. The average Bonchev–Trinajstić information content (AvgIpc) is 2.67. The zero-order chi connectivity index (χ0) is 22.3. The fourth-order valence-electron chi connectivity index (χ4n) is 3.68. The monoisotopic (exact) mass is 423 g/mol. The predicted octanol–water partition coefficient (Wildman–Crippen LogP) is -2.23. The summed E-state index contributed by atoms with van der Waals surface area (Å²) in [7, 11) is 0. The van der Waals surface area contributed by atoms with Gasteiger partial charge in [-0.1, -0.05) is 40.0 Å². The van der Waals surface area contributed by atoms with Gasteiger partial charge in [-0.25, -0.2) is 0 Å². The minimum absolute atomic E-state index is 0. The standard InChI is InChI=1S/C21H40N2O6.Li/c1-4-7-8-9-10-19(25)22-11-12-23(13-14-24,15-17(5-2)20(26)27)16-18(6-3)21(28)29;/h17-18,24H,4-16H2,1-3H3,(H2-,22,25,26,27,28,29);/q;+1. The van der Waals surface area contributed by atoms with Crippen molar-refractivity contribution >= 4 is 17.8 Å². The van der Waals surface area contributed by atoms with Crippen LogP contribution in [0.25, 0.3) is 0 Å². The average molecular weight is 424 g/mol. The van der Waals surface area contributed by atoms with Gasteiger partial charge in [0.05, 0.1) is 38.8 Å². The zero-order valence-corrected chi connectivity index (χ0v) is 19.3. The number of quaternary nitrogens is 1. The van der Waals surface area contributed by atoms with Gasteiger partial charge in [0, 0.05) is 12.3 Å². The summed E-state index contributed by atoms with van der Waals surface area (Å²) in [5.41, 5.74) is 0. The van der Waals surface area contributed by atoms with Gasteiger partial charge < -0.3 is 29.9 Å². The van der Waals surface area contributed by atoms with E-state index in [1.165, 1.54) is 0 Å². The molecule has 0 aromatic rings. The molecule has 0 heterocycles. The molecule has 0 saturated carbocycles. The van der Waals surface area contributed by atoms with Crippen LogP contribution in [0.5, 0.6) is 0 Å². The van der Waals surface area contributed by atoms with Crippen molar-refractivity contribution in [3.05, 3.63) is 0 Å². The Morgan fingerprint density at radius 3 is 2.03 bits per heavy atom. The number of carboxylic acid groups (broad SMARTS) is 2. The summed E-state index contributed by atoms with van der Waals surface area (Å²) in [6.45, 7) is 6.75. The molecule has 0 bridgehead atoms. The molecular formula is C21H40LiN2O6+. The molecule has 0 aliphatic carbocycles. The molecule has 30 heavy (non-hydrogen) atoms. The number of aliphatic carboxylic acids is 2. The quantitative estimate of drug-likeness (QED) is 0.130. The number of carbonyl (C=O) groups is 3. The molecule has 3 atom stereocenters. The van der Waals surface area contributed by atoms with Crippen molar-refractivity contribution < 1.29 is 53.0 Å². The number of aliphatic hydroxyl groups excluding tert-OH is 1. The van der Waals surface area contributed by atoms with E-state index in [0.29, 0.717) is 32.4 Å². The van der Waals surface area contributed by atoms with Crippen molar-refractivity contribution in [2.45, 2.75) is 65.7 Å². The van der Waals surface area contributed by atoms with Crippen molar-refractivity contribution in [3.8, 4) is 0 Å². The summed E-state index contributed by atoms with van der Waals surface area (Å²) in [6, 6.07) is 0. The van der Waals surface area contributed by atoms with Gasteiger partial charge in [-0.05, 0) is 19.3 Å². The molecule has 1 amide bonds. The van der Waals surface area contributed by atoms with Gasteiger partial charge in [-0.2, -0.15) is 0 Å². The van der Waals surface area contributed by atoms with Crippen molar-refractivity contribution in [1.29, 1.82) is 0 Å². The van der Waals surface area contributed by atoms with Crippen LogP contribution in [-0.4, -0.2) is 71.9 Å². The second-order valence-corrected chi connectivity index (χ2v) is 7.91. The summed E-state index contributed by atoms with van der Waals surface area (Å²) in [4.78, 5) is 35.1. The molecule has 0 aliphatic rings. The van der Waals surface area contributed by atoms with E-state index in [-0.39, 0.29) is 55.5 Å². The first kappa shape index (κ1) is 31.1. The topological polar surface area (TPSA) is 127 Å². The maximum Gasteiger partial charge on any atom is 1.00 e. The Morgan fingerprint density at radius 1 is 0.967 bits per heavy atom. The summed E-state index contributed by atoms with van der Waals surface area (Å²) in [5, 5.41) is 33.5. The van der Waals surface area contributed by atoms with Crippen LogP contribution in [0.4, 0.5) is 0 Å². The number of carbonyl (C=O) groups excluding carboxylic acids is 2. The summed E-state index contributed by atoms with van der Waals surface area (Å²) in [6.07, 6.45) is 5.25. The van der Waals surface area contributed by atoms with Crippen LogP contribution in [0.2, 0.25) is 0 Å². The van der Waals surface area contributed by atoms with Crippen LogP contribution in [-0.2, 0) is 14.4 Å². The number of aliphatic hydroxyl groups is 1. The molecule has 170 valence electrons. The van der Waals surface area contributed by atoms with Crippen molar-refractivity contribution in [1.82, 2.24) is 5.32 Å². The predicted molar refractivity (Wildman–Crippen MR) is 109 cm³/mol. The first-order valence-corrected chi connectivity index (χ1v) is 10.9. The number of amides is 1. The fourth-order valence-corrected chi connectivity index (χ4v) is 3.68. The number of hydrogen-bond acceptors (Lipinski definition) is 5. The Morgan fingerprint density at radius 2 is 1.57 bits per heavy atom. The summed E-state index contributed by atoms with van der Waals surface area (Å²) in [5.74, 6) is -3.55. The number of carboxylic acids is 2. The Kier molecular flexibility index (Phi) is 18.2. The van der Waals surface area contributed by atoms with E-state index in [1.54, 1.807) is 13.8 Å². The van der Waals surface area contributed by atoms with E-state index in [1.807, 2.05) is 0 Å². The van der Waals surface area contributed by atoms with Crippen LogP contribution in [0.3, 0.4) is 0 Å². The van der Waals surface area contributed by atoms with E-state index in [4.69, 9.17) is 0 Å². The van der Waals surface area contributed by atoms with E-state index in [2.05, 4.69) is 12.2 Å². The number of unbranched alkanes of at least 4 members (excludes halogenated alkanes) is 3. The molecule has 0 aromatic carbocycles. The zero-order valence-electron chi connectivity index (χ0n) is 19.3. The van der Waals surface area contributed by atoms with E-state index in [9.17, 15) is 29.7 Å². The molecule has 0 radical (unpaired) electrons. The Bertz CT molecular complexity index is 480. The molecule has 0 aliphatic heterocycles. The van der Waals surface area contributed by atoms with E-state index < -0.39 is 23.8 Å². The van der Waals surface area contributed by atoms with Crippen molar-refractivity contribution in [2.24, 2.45) is 11.8 Å². The molecule has 0 aromatic heterocycles. The first-order chi connectivity index (χ1) is 13.7. The van der Waals surface area contributed by atoms with Crippen molar-refractivity contribution in [2.75, 3.05) is 39.3 Å². The largest absolute Gasteiger partial charge is 1.00 e. The molecule has 8 nitrogen and oxygen atoms in total. The smallest absolute Gasteiger partial charge is 0.550 e. The number of nitrogens with zero attached hydrogens (tertiary/aromatic N) is 1. The summed E-state index contributed by atoms with van der Waals surface area (Å²) >= 11 is 0. The summed E-state index contributed by atoms with van der Waals surface area (Å²) < 4.78 is 0.129. The molecular weight excluding hydrogens is 383 g/mol. The second kappa shape index (κ2) is 17.6.